The Kier molecular flexibility index (Phi) is 6.70. The van der Waals surface area contributed by atoms with Crippen LogP contribution in [0.1, 0.15) is 12.8 Å². The number of halogens is 1. The average Bonchev–Trinajstić information content (AvgIpc) is 2.74. The molecule has 0 bridgehead atoms. The number of pyridine rings is 1. The van der Waals surface area contributed by atoms with Crippen molar-refractivity contribution in [3.05, 3.63) is 52.5 Å². The van der Waals surface area contributed by atoms with Gasteiger partial charge in [-0.2, -0.15) is 0 Å². The number of likely N-dealkylation sites (N-methyl/N-ethyl adjacent to an activating group) is 1. The summed E-state index contributed by atoms with van der Waals surface area (Å²) >= 11 is 0. The average molecular weight is 458 g/mol. The molecule has 33 heavy (non-hydrogen) atoms. The van der Waals surface area contributed by atoms with Crippen LogP contribution in [0.4, 0.5) is 20.7 Å². The van der Waals surface area contributed by atoms with Crippen molar-refractivity contribution in [1.82, 2.24) is 19.7 Å². The summed E-state index contributed by atoms with van der Waals surface area (Å²) in [6.45, 7) is 3.50. The number of carbonyl (C=O) groups is 1. The van der Waals surface area contributed by atoms with Crippen molar-refractivity contribution >= 4 is 17.5 Å². The van der Waals surface area contributed by atoms with Crippen molar-refractivity contribution in [2.24, 2.45) is 0 Å². The van der Waals surface area contributed by atoms with Gasteiger partial charge in [0.2, 0.25) is 0 Å². The SMILES string of the molecule is CN(C)C1CN(C2CCN(C(=O)Nc3cc(Oc4ccc([N+](=O)[O-])cc4F)ccn3)CC2)C1. The fourth-order valence-corrected chi connectivity index (χ4v) is 4.09. The molecule has 2 amide bonds. The van der Waals surface area contributed by atoms with Crippen LogP contribution in [-0.2, 0) is 0 Å². The molecule has 2 aromatic rings. The molecule has 0 atom stereocenters. The Bertz CT molecular complexity index is 1020. The lowest BCUT2D eigenvalue weighted by Crippen LogP contribution is -2.62. The van der Waals surface area contributed by atoms with E-state index in [1.807, 2.05) is 0 Å². The Labute approximate surface area is 191 Å². The molecule has 4 rings (SSSR count). The third-order valence-electron chi connectivity index (χ3n) is 6.21. The topological polar surface area (TPSA) is 104 Å². The number of non-ortho nitro benzene ring substituents is 1. The molecule has 2 aliphatic rings. The Morgan fingerprint density at radius 2 is 1.97 bits per heavy atom. The fourth-order valence-electron chi connectivity index (χ4n) is 4.09. The number of nitrogens with one attached hydrogen (secondary N) is 1. The number of nitrogens with zero attached hydrogens (tertiary/aromatic N) is 5. The smallest absolute Gasteiger partial charge is 0.323 e. The van der Waals surface area contributed by atoms with Crippen LogP contribution in [-0.4, -0.2) is 83.0 Å². The number of amides is 2. The quantitative estimate of drug-likeness (QED) is 0.524. The number of hydrogen-bond donors (Lipinski definition) is 1. The van der Waals surface area contributed by atoms with E-state index in [4.69, 9.17) is 4.74 Å². The second kappa shape index (κ2) is 9.67. The number of aromatic nitrogens is 1. The second-order valence-corrected chi connectivity index (χ2v) is 8.57. The summed E-state index contributed by atoms with van der Waals surface area (Å²) in [4.78, 5) is 33.4. The first-order valence-electron chi connectivity index (χ1n) is 10.8. The molecule has 0 aliphatic carbocycles. The summed E-state index contributed by atoms with van der Waals surface area (Å²) in [5, 5.41) is 13.5. The molecule has 1 aromatic carbocycles. The standard InChI is InChI=1S/C22H27FN6O4/c1-26(2)17-13-28(14-17)15-6-9-27(10-7-15)22(30)25-21-12-18(5-8-24-21)33-20-4-3-16(29(31)32)11-19(20)23/h3-5,8,11-12,15,17H,6-7,9-10,13-14H2,1-2H3,(H,24,25,30). The number of nitro groups is 1. The number of carbonyl (C=O) groups excluding carboxylic acids is 1. The highest BCUT2D eigenvalue weighted by molar-refractivity contribution is 5.88. The van der Waals surface area contributed by atoms with E-state index in [1.54, 1.807) is 4.90 Å². The Balaban J connectivity index is 1.30. The van der Waals surface area contributed by atoms with Crippen molar-refractivity contribution in [2.45, 2.75) is 24.9 Å². The van der Waals surface area contributed by atoms with Crippen LogP contribution in [0.5, 0.6) is 11.5 Å². The number of anilines is 1. The van der Waals surface area contributed by atoms with Gasteiger partial charge in [0.05, 0.1) is 11.0 Å². The third-order valence-corrected chi connectivity index (χ3v) is 6.21. The van der Waals surface area contributed by atoms with Gasteiger partial charge in [-0.15, -0.1) is 0 Å². The van der Waals surface area contributed by atoms with E-state index in [0.717, 1.165) is 38.1 Å². The van der Waals surface area contributed by atoms with E-state index in [9.17, 15) is 19.3 Å². The van der Waals surface area contributed by atoms with Crippen LogP contribution < -0.4 is 10.1 Å². The van der Waals surface area contributed by atoms with Crippen molar-refractivity contribution in [3.63, 3.8) is 0 Å². The molecule has 2 saturated heterocycles. The minimum atomic E-state index is -0.853. The summed E-state index contributed by atoms with van der Waals surface area (Å²) in [7, 11) is 4.21. The molecule has 3 heterocycles. The minimum absolute atomic E-state index is 0.159. The van der Waals surface area contributed by atoms with Gasteiger partial charge in [0.1, 0.15) is 11.6 Å². The van der Waals surface area contributed by atoms with Gasteiger partial charge in [-0.1, -0.05) is 0 Å². The number of likely N-dealkylation sites (tertiary alicyclic amines) is 2. The number of urea groups is 1. The van der Waals surface area contributed by atoms with Crippen molar-refractivity contribution in [3.8, 4) is 11.5 Å². The van der Waals surface area contributed by atoms with Gasteiger partial charge in [-0.3, -0.25) is 20.3 Å². The first kappa shape index (κ1) is 22.9. The van der Waals surface area contributed by atoms with Gasteiger partial charge < -0.3 is 14.5 Å². The first-order chi connectivity index (χ1) is 15.8. The predicted molar refractivity (Wildman–Crippen MR) is 120 cm³/mol. The van der Waals surface area contributed by atoms with Gasteiger partial charge in [-0.25, -0.2) is 14.2 Å². The highest BCUT2D eigenvalue weighted by Crippen LogP contribution is 2.28. The van der Waals surface area contributed by atoms with E-state index in [0.29, 0.717) is 25.2 Å². The maximum Gasteiger partial charge on any atom is 0.323 e. The first-order valence-corrected chi connectivity index (χ1v) is 10.8. The Morgan fingerprint density at radius 1 is 1.24 bits per heavy atom. The Morgan fingerprint density at radius 3 is 2.61 bits per heavy atom. The van der Waals surface area contributed by atoms with Crippen LogP contribution in [0.3, 0.4) is 0 Å². The number of nitro benzene ring substituents is 1. The van der Waals surface area contributed by atoms with Crippen LogP contribution >= 0.6 is 0 Å². The molecule has 0 spiro atoms. The van der Waals surface area contributed by atoms with Crippen molar-refractivity contribution in [2.75, 3.05) is 45.6 Å². The van der Waals surface area contributed by atoms with Gasteiger partial charge in [0.25, 0.3) is 5.69 Å². The number of hydrogen-bond acceptors (Lipinski definition) is 7. The maximum absolute atomic E-state index is 14.1. The van der Waals surface area contributed by atoms with Gasteiger partial charge in [0, 0.05) is 56.6 Å². The molecule has 2 aliphatic heterocycles. The number of rotatable bonds is 6. The summed E-state index contributed by atoms with van der Waals surface area (Å²) in [5.41, 5.74) is -0.363. The predicted octanol–water partition coefficient (Wildman–Crippen LogP) is 3.16. The molecule has 10 nitrogen and oxygen atoms in total. The molecule has 11 heteroatoms. The molecular formula is C22H27FN6O4. The zero-order valence-electron chi connectivity index (χ0n) is 18.6. The van der Waals surface area contributed by atoms with Gasteiger partial charge in [-0.05, 0) is 39.1 Å². The van der Waals surface area contributed by atoms with E-state index in [2.05, 4.69) is 34.2 Å². The normalized spacial score (nSPS) is 17.6. The highest BCUT2D eigenvalue weighted by Gasteiger charge is 2.35. The highest BCUT2D eigenvalue weighted by atomic mass is 19.1. The molecule has 1 N–H and O–H groups in total. The summed E-state index contributed by atoms with van der Waals surface area (Å²) < 4.78 is 19.6. The summed E-state index contributed by atoms with van der Waals surface area (Å²) in [5.74, 6) is -0.485. The zero-order chi connectivity index (χ0) is 23.5. The molecule has 0 saturated carbocycles. The zero-order valence-corrected chi connectivity index (χ0v) is 18.6. The molecule has 1 aromatic heterocycles. The number of piperidine rings is 1. The lowest BCUT2D eigenvalue weighted by Gasteiger charge is -2.49. The van der Waals surface area contributed by atoms with Crippen LogP contribution in [0.2, 0.25) is 0 Å². The maximum atomic E-state index is 14.1. The molecule has 0 unspecified atom stereocenters. The van der Waals surface area contributed by atoms with Crippen LogP contribution in [0.15, 0.2) is 36.5 Å². The van der Waals surface area contributed by atoms with E-state index >= 15 is 0 Å². The van der Waals surface area contributed by atoms with Crippen molar-refractivity contribution in [1.29, 1.82) is 0 Å². The second-order valence-electron chi connectivity index (χ2n) is 8.57. The monoisotopic (exact) mass is 458 g/mol. The lowest BCUT2D eigenvalue weighted by molar-refractivity contribution is -0.385. The van der Waals surface area contributed by atoms with E-state index in [-0.39, 0.29) is 29.0 Å². The molecule has 2 fully saturated rings. The van der Waals surface area contributed by atoms with E-state index in [1.165, 1.54) is 24.4 Å². The Hall–Kier alpha value is -3.31. The fraction of sp³-hybridized carbons (Fsp3) is 0.455. The number of benzene rings is 1. The summed E-state index contributed by atoms with van der Waals surface area (Å²) in [6.07, 6.45) is 3.30. The van der Waals surface area contributed by atoms with E-state index < -0.39 is 10.7 Å². The number of ether oxygens (including phenoxy) is 1. The molecule has 176 valence electrons. The summed E-state index contributed by atoms with van der Waals surface area (Å²) in [6, 6.07) is 7.02. The van der Waals surface area contributed by atoms with Crippen molar-refractivity contribution < 1.29 is 18.8 Å². The largest absolute Gasteiger partial charge is 0.454 e. The molecular weight excluding hydrogens is 431 g/mol. The molecule has 0 radical (unpaired) electrons. The van der Waals surface area contributed by atoms with Gasteiger partial charge >= 0.3 is 6.03 Å². The minimum Gasteiger partial charge on any atom is -0.454 e. The van der Waals surface area contributed by atoms with Crippen LogP contribution in [0, 0.1) is 15.9 Å². The lowest BCUT2D eigenvalue weighted by atomic mass is 9.97. The van der Waals surface area contributed by atoms with Gasteiger partial charge in [0.15, 0.2) is 11.6 Å². The third kappa shape index (κ3) is 5.37. The van der Waals surface area contributed by atoms with Crippen LogP contribution in [0.25, 0.3) is 0 Å².